The van der Waals surface area contributed by atoms with Crippen molar-refractivity contribution in [3.8, 4) is 11.3 Å². The maximum atomic E-state index is 4.63. The van der Waals surface area contributed by atoms with Gasteiger partial charge in [0, 0.05) is 0 Å². The van der Waals surface area contributed by atoms with Gasteiger partial charge in [0.15, 0.2) is 0 Å². The van der Waals surface area contributed by atoms with Crippen molar-refractivity contribution >= 4 is 15.9 Å². The molecule has 3 nitrogen and oxygen atoms in total. The molecule has 2 heterocycles. The third-order valence-corrected chi connectivity index (χ3v) is 5.12. The summed E-state index contributed by atoms with van der Waals surface area (Å²) in [6.45, 7) is 4.09. The van der Waals surface area contributed by atoms with Crippen molar-refractivity contribution < 1.29 is 21.5 Å². The van der Waals surface area contributed by atoms with Crippen molar-refractivity contribution in [2.75, 3.05) is 4.93 Å². The van der Waals surface area contributed by atoms with Crippen LogP contribution in [0.2, 0.25) is 0 Å². The summed E-state index contributed by atoms with van der Waals surface area (Å²) >= 11 is 3.57. The number of aromatic nitrogens is 3. The number of aryl methyl sites for hydroxylation is 1. The summed E-state index contributed by atoms with van der Waals surface area (Å²) in [5, 5.41) is 4.63. The molecule has 0 aliphatic rings. The third-order valence-electron chi connectivity index (χ3n) is 2.32. The Morgan fingerprint density at radius 3 is 2.69 bits per heavy atom. The zero-order valence-electron chi connectivity index (χ0n) is 9.33. The minimum atomic E-state index is -0.0482. The first-order valence-corrected chi connectivity index (χ1v) is 8.73. The number of hydrogen-bond donors (Lipinski definition) is 0. The van der Waals surface area contributed by atoms with Crippen LogP contribution in [-0.4, -0.2) is 17.9 Å². The summed E-state index contributed by atoms with van der Waals surface area (Å²) in [6, 6.07) is 4.06. The van der Waals surface area contributed by atoms with E-state index in [1.807, 2.05) is 19.2 Å². The Kier molecular flexibility index (Phi) is 3.63. The van der Waals surface area contributed by atoms with Crippen molar-refractivity contribution in [3.05, 3.63) is 34.2 Å². The standard InChI is InChI=1S/C11H12BrIN3/c1-7-6-9(4-5-14-7)11-10(12)8(2)16(13-3)15-11/h4-6H,1-3H3/q-1. The zero-order valence-corrected chi connectivity index (χ0v) is 13.1. The van der Waals surface area contributed by atoms with E-state index in [0.29, 0.717) is 0 Å². The molecule has 0 aromatic carbocycles. The number of nitrogens with zero attached hydrogens (tertiary/aromatic N) is 3. The second-order valence-corrected chi connectivity index (χ2v) is 6.13. The number of rotatable bonds is 2. The SMILES string of the molecule is C[I-]n1nc(-c2ccnc(C)c2)c(Br)c1C. The number of pyridine rings is 1. The maximum absolute atomic E-state index is 4.63. The number of halogens is 2. The molecule has 0 amide bonds. The van der Waals surface area contributed by atoms with Gasteiger partial charge >= 0.3 is 115 Å². The van der Waals surface area contributed by atoms with Crippen molar-refractivity contribution in [2.45, 2.75) is 13.8 Å². The number of hydrogen-bond acceptors (Lipinski definition) is 2. The molecular weight excluding hydrogens is 381 g/mol. The van der Waals surface area contributed by atoms with Crippen molar-refractivity contribution in [3.63, 3.8) is 0 Å². The zero-order chi connectivity index (χ0) is 11.7. The van der Waals surface area contributed by atoms with E-state index < -0.39 is 0 Å². The molecule has 0 saturated carbocycles. The molecule has 0 aliphatic carbocycles. The van der Waals surface area contributed by atoms with Gasteiger partial charge in [-0.15, -0.1) is 0 Å². The van der Waals surface area contributed by atoms with Gasteiger partial charge in [0.2, 0.25) is 0 Å². The van der Waals surface area contributed by atoms with Gasteiger partial charge in [0.05, 0.1) is 0 Å². The van der Waals surface area contributed by atoms with Crippen LogP contribution in [0.4, 0.5) is 0 Å². The van der Waals surface area contributed by atoms with E-state index in [9.17, 15) is 0 Å². The van der Waals surface area contributed by atoms with Gasteiger partial charge < -0.3 is 0 Å². The third kappa shape index (κ3) is 2.15. The summed E-state index contributed by atoms with van der Waals surface area (Å²) < 4.78 is 3.20. The molecular formula is C11H12BrIN3-. The Morgan fingerprint density at radius 2 is 2.12 bits per heavy atom. The molecule has 5 heteroatoms. The van der Waals surface area contributed by atoms with Crippen LogP contribution in [0.15, 0.2) is 22.8 Å². The molecule has 0 bridgehead atoms. The minimum absolute atomic E-state index is 0.0482. The summed E-state index contributed by atoms with van der Waals surface area (Å²) in [4.78, 5) is 6.40. The molecule has 0 radical (unpaired) electrons. The van der Waals surface area contributed by atoms with E-state index in [1.54, 1.807) is 0 Å². The van der Waals surface area contributed by atoms with Crippen LogP contribution in [0.5, 0.6) is 0 Å². The second-order valence-electron chi connectivity index (χ2n) is 3.46. The predicted molar refractivity (Wildman–Crippen MR) is 64.0 cm³/mol. The van der Waals surface area contributed by atoms with Gasteiger partial charge in [-0.2, -0.15) is 0 Å². The second kappa shape index (κ2) is 4.83. The quantitative estimate of drug-likeness (QED) is 0.523. The molecule has 86 valence electrons. The van der Waals surface area contributed by atoms with Crippen LogP contribution < -0.4 is 21.5 Å². The van der Waals surface area contributed by atoms with Crippen LogP contribution >= 0.6 is 15.9 Å². The molecule has 16 heavy (non-hydrogen) atoms. The van der Waals surface area contributed by atoms with Gasteiger partial charge in [0.1, 0.15) is 0 Å². The molecule has 0 spiro atoms. The topological polar surface area (TPSA) is 30.7 Å². The molecule has 0 aliphatic heterocycles. The predicted octanol–water partition coefficient (Wildman–Crippen LogP) is -0.194. The summed E-state index contributed by atoms with van der Waals surface area (Å²) in [7, 11) is 0. The first kappa shape index (κ1) is 12.0. The molecule has 0 fully saturated rings. The molecule has 0 atom stereocenters. The van der Waals surface area contributed by atoms with Crippen molar-refractivity contribution in [1.29, 1.82) is 0 Å². The average molecular weight is 393 g/mol. The van der Waals surface area contributed by atoms with Crippen LogP contribution in [-0.2, 0) is 0 Å². The van der Waals surface area contributed by atoms with E-state index in [4.69, 9.17) is 0 Å². The Morgan fingerprint density at radius 1 is 1.38 bits per heavy atom. The van der Waals surface area contributed by atoms with Gasteiger partial charge in [-0.25, -0.2) is 0 Å². The molecule has 0 N–H and O–H groups in total. The average Bonchev–Trinajstić information content (AvgIpc) is 2.56. The van der Waals surface area contributed by atoms with E-state index in [2.05, 4.69) is 46.8 Å². The van der Waals surface area contributed by atoms with Gasteiger partial charge in [-0.05, 0) is 0 Å². The van der Waals surface area contributed by atoms with Crippen molar-refractivity contribution in [2.24, 2.45) is 0 Å². The molecule has 0 unspecified atom stereocenters. The van der Waals surface area contributed by atoms with E-state index in [1.165, 1.54) is 5.69 Å². The fourth-order valence-corrected chi connectivity index (χ4v) is 3.70. The Labute approximate surface area is 114 Å². The summed E-state index contributed by atoms with van der Waals surface area (Å²) in [5.41, 5.74) is 4.37. The molecule has 2 rings (SSSR count). The van der Waals surface area contributed by atoms with Gasteiger partial charge in [-0.3, -0.25) is 0 Å². The Hall–Kier alpha value is -0.430. The van der Waals surface area contributed by atoms with Crippen LogP contribution in [0.1, 0.15) is 11.4 Å². The Bertz CT molecular complexity index is 522. The van der Waals surface area contributed by atoms with Crippen LogP contribution in [0.25, 0.3) is 11.3 Å². The Balaban J connectivity index is 2.56. The van der Waals surface area contributed by atoms with Gasteiger partial charge in [0.25, 0.3) is 0 Å². The fourth-order valence-electron chi connectivity index (χ4n) is 1.50. The fraction of sp³-hybridized carbons (Fsp3) is 0.273. The normalized spacial score (nSPS) is 11.0. The van der Waals surface area contributed by atoms with Crippen LogP contribution in [0, 0.1) is 13.8 Å². The summed E-state index contributed by atoms with van der Waals surface area (Å²) in [5.74, 6) is 0. The van der Waals surface area contributed by atoms with Crippen LogP contribution in [0.3, 0.4) is 0 Å². The summed E-state index contributed by atoms with van der Waals surface area (Å²) in [6.07, 6.45) is 1.83. The first-order valence-electron chi connectivity index (χ1n) is 4.81. The van der Waals surface area contributed by atoms with E-state index in [-0.39, 0.29) is 21.5 Å². The van der Waals surface area contributed by atoms with Gasteiger partial charge in [-0.1, -0.05) is 0 Å². The molecule has 2 aromatic heterocycles. The molecule has 0 saturated heterocycles. The first-order chi connectivity index (χ1) is 7.63. The van der Waals surface area contributed by atoms with Crippen molar-refractivity contribution in [1.82, 2.24) is 13.0 Å². The monoisotopic (exact) mass is 392 g/mol. The van der Waals surface area contributed by atoms with E-state index in [0.717, 1.165) is 21.4 Å². The molecule has 2 aromatic rings. The number of alkyl halides is 1. The van der Waals surface area contributed by atoms with E-state index >= 15 is 0 Å².